The topological polar surface area (TPSA) is 74.7 Å². The van der Waals surface area contributed by atoms with Crippen molar-refractivity contribution >= 4 is 33.8 Å². The first-order valence-electron chi connectivity index (χ1n) is 5.70. The predicted molar refractivity (Wildman–Crippen MR) is 81.5 cm³/mol. The molecule has 0 amide bonds. The van der Waals surface area contributed by atoms with Crippen LogP contribution in [0.4, 0.5) is 10.7 Å². The van der Waals surface area contributed by atoms with Crippen LogP contribution in [0.1, 0.15) is 23.4 Å². The molecule has 0 saturated carbocycles. The molecular formula is C13H14N4S2. The summed E-state index contributed by atoms with van der Waals surface area (Å²) in [5, 5.41) is 13.4. The highest BCUT2D eigenvalue weighted by molar-refractivity contribution is 7.99. The molecule has 1 unspecified atom stereocenters. The minimum atomic E-state index is 0.137. The molecule has 1 atom stereocenters. The molecule has 2 heterocycles. The first-order chi connectivity index (χ1) is 9.17. The molecule has 0 aliphatic heterocycles. The maximum atomic E-state index is 9.04. The van der Waals surface area contributed by atoms with E-state index in [1.807, 2.05) is 18.4 Å². The van der Waals surface area contributed by atoms with Crippen LogP contribution in [0.2, 0.25) is 0 Å². The number of hydrogen-bond donors (Lipinski definition) is 2. The highest BCUT2D eigenvalue weighted by atomic mass is 32.2. The SMILES string of the molecule is CSc1c(NC(C)c2ccncc2)sc(C#N)c1N. The van der Waals surface area contributed by atoms with Crippen LogP contribution in [0.15, 0.2) is 29.4 Å². The van der Waals surface area contributed by atoms with Crippen LogP contribution in [0.5, 0.6) is 0 Å². The second-order valence-electron chi connectivity index (χ2n) is 3.97. The highest BCUT2D eigenvalue weighted by Gasteiger charge is 2.17. The second-order valence-corrected chi connectivity index (χ2v) is 5.80. The van der Waals surface area contributed by atoms with Crippen LogP contribution >= 0.6 is 23.1 Å². The van der Waals surface area contributed by atoms with Gasteiger partial charge in [-0.2, -0.15) is 5.26 Å². The molecule has 0 bridgehead atoms. The Labute approximate surface area is 120 Å². The summed E-state index contributed by atoms with van der Waals surface area (Å²) in [7, 11) is 0. The Kier molecular flexibility index (Phi) is 4.30. The van der Waals surface area contributed by atoms with Crippen LogP contribution in [0.3, 0.4) is 0 Å². The number of aromatic nitrogens is 1. The van der Waals surface area contributed by atoms with Crippen molar-refractivity contribution in [2.24, 2.45) is 0 Å². The van der Waals surface area contributed by atoms with E-state index in [0.29, 0.717) is 10.6 Å². The smallest absolute Gasteiger partial charge is 0.131 e. The first-order valence-corrected chi connectivity index (χ1v) is 7.74. The van der Waals surface area contributed by atoms with Gasteiger partial charge in [-0.1, -0.05) is 0 Å². The number of thiophene rings is 1. The standard InChI is InChI=1S/C13H14N4S2/c1-8(9-3-5-16-6-4-9)17-13-12(18-2)11(15)10(7-14)19-13/h3-6,8,17H,15H2,1-2H3. The van der Waals surface area contributed by atoms with Crippen molar-refractivity contribution in [3.63, 3.8) is 0 Å². The lowest BCUT2D eigenvalue weighted by Gasteiger charge is -2.15. The Balaban J connectivity index is 2.27. The van der Waals surface area contributed by atoms with Crippen molar-refractivity contribution in [1.29, 1.82) is 5.26 Å². The van der Waals surface area contributed by atoms with Gasteiger partial charge in [0.1, 0.15) is 15.9 Å². The molecule has 0 aliphatic carbocycles. The number of thioether (sulfide) groups is 1. The molecule has 0 spiro atoms. The van der Waals surface area contributed by atoms with E-state index in [1.54, 1.807) is 24.2 Å². The molecule has 98 valence electrons. The van der Waals surface area contributed by atoms with Crippen molar-refractivity contribution in [2.45, 2.75) is 17.9 Å². The molecule has 0 saturated heterocycles. The summed E-state index contributed by atoms with van der Waals surface area (Å²) in [5.74, 6) is 0. The van der Waals surface area contributed by atoms with Crippen LogP contribution < -0.4 is 11.1 Å². The Morgan fingerprint density at radius 2 is 2.16 bits per heavy atom. The molecule has 19 heavy (non-hydrogen) atoms. The fourth-order valence-electron chi connectivity index (χ4n) is 1.74. The van der Waals surface area contributed by atoms with Gasteiger partial charge in [0.15, 0.2) is 0 Å². The predicted octanol–water partition coefficient (Wildman–Crippen LogP) is 3.49. The van der Waals surface area contributed by atoms with E-state index >= 15 is 0 Å². The van der Waals surface area contributed by atoms with Crippen molar-refractivity contribution in [2.75, 3.05) is 17.3 Å². The number of nitriles is 1. The third-order valence-corrected chi connectivity index (χ3v) is 4.76. The highest BCUT2D eigenvalue weighted by Crippen LogP contribution is 2.42. The number of nitrogens with two attached hydrogens (primary N) is 1. The van der Waals surface area contributed by atoms with E-state index in [2.05, 4.69) is 23.3 Å². The van der Waals surface area contributed by atoms with Gasteiger partial charge in [0, 0.05) is 18.4 Å². The number of pyridine rings is 1. The number of hydrogen-bond acceptors (Lipinski definition) is 6. The lowest BCUT2D eigenvalue weighted by atomic mass is 10.1. The lowest BCUT2D eigenvalue weighted by molar-refractivity contribution is 0.881. The maximum Gasteiger partial charge on any atom is 0.131 e. The van der Waals surface area contributed by atoms with E-state index in [1.165, 1.54) is 11.3 Å². The molecule has 2 aromatic rings. The molecule has 6 heteroatoms. The first kappa shape index (κ1) is 13.7. The quantitative estimate of drug-likeness (QED) is 0.843. The second kappa shape index (κ2) is 5.95. The van der Waals surface area contributed by atoms with Crippen LogP contribution in [-0.4, -0.2) is 11.2 Å². The van der Waals surface area contributed by atoms with Crippen molar-refractivity contribution in [1.82, 2.24) is 4.98 Å². The summed E-state index contributed by atoms with van der Waals surface area (Å²) >= 11 is 2.95. The number of nitrogens with zero attached hydrogens (tertiary/aromatic N) is 2. The monoisotopic (exact) mass is 290 g/mol. The van der Waals surface area contributed by atoms with Crippen molar-refractivity contribution in [3.8, 4) is 6.07 Å². The Morgan fingerprint density at radius 3 is 2.74 bits per heavy atom. The fraction of sp³-hybridized carbons (Fsp3) is 0.231. The molecule has 0 radical (unpaired) electrons. The zero-order chi connectivity index (χ0) is 13.8. The Hall–Kier alpha value is -1.71. The third-order valence-electron chi connectivity index (χ3n) is 2.76. The van der Waals surface area contributed by atoms with Crippen LogP contribution in [0.25, 0.3) is 0 Å². The average molecular weight is 290 g/mol. The van der Waals surface area contributed by atoms with E-state index in [-0.39, 0.29) is 6.04 Å². The average Bonchev–Trinajstić information content (AvgIpc) is 2.75. The normalized spacial score (nSPS) is 11.8. The number of nitrogen functional groups attached to an aromatic ring is 1. The van der Waals surface area contributed by atoms with Gasteiger partial charge in [-0.05, 0) is 30.9 Å². The van der Waals surface area contributed by atoms with Crippen LogP contribution in [-0.2, 0) is 0 Å². The fourth-order valence-corrected chi connectivity index (χ4v) is 3.65. The van der Waals surface area contributed by atoms with E-state index in [4.69, 9.17) is 11.0 Å². The van der Waals surface area contributed by atoms with Gasteiger partial charge in [-0.15, -0.1) is 23.1 Å². The van der Waals surface area contributed by atoms with Gasteiger partial charge in [-0.25, -0.2) is 0 Å². The summed E-state index contributed by atoms with van der Waals surface area (Å²) in [6.07, 6.45) is 5.50. The van der Waals surface area contributed by atoms with Crippen molar-refractivity contribution < 1.29 is 0 Å². The Bertz CT molecular complexity index is 601. The van der Waals surface area contributed by atoms with E-state index in [9.17, 15) is 0 Å². The van der Waals surface area contributed by atoms with E-state index < -0.39 is 0 Å². The molecule has 3 N–H and O–H groups in total. The summed E-state index contributed by atoms with van der Waals surface area (Å²) < 4.78 is 0. The molecular weight excluding hydrogens is 276 g/mol. The molecule has 0 aliphatic rings. The zero-order valence-corrected chi connectivity index (χ0v) is 12.3. The van der Waals surface area contributed by atoms with Gasteiger partial charge in [-0.3, -0.25) is 4.98 Å². The number of nitrogens with one attached hydrogen (secondary N) is 1. The number of anilines is 2. The summed E-state index contributed by atoms with van der Waals surface area (Å²) in [6.45, 7) is 2.07. The molecule has 4 nitrogen and oxygen atoms in total. The number of rotatable bonds is 4. The van der Waals surface area contributed by atoms with Gasteiger partial charge in [0.25, 0.3) is 0 Å². The third kappa shape index (κ3) is 2.83. The Morgan fingerprint density at radius 1 is 1.47 bits per heavy atom. The van der Waals surface area contributed by atoms with Gasteiger partial charge < -0.3 is 11.1 Å². The molecule has 2 rings (SSSR count). The summed E-state index contributed by atoms with van der Waals surface area (Å²) in [6, 6.07) is 6.21. The van der Waals surface area contributed by atoms with Gasteiger partial charge in [0.05, 0.1) is 10.6 Å². The van der Waals surface area contributed by atoms with Gasteiger partial charge in [0.2, 0.25) is 0 Å². The lowest BCUT2D eigenvalue weighted by Crippen LogP contribution is -2.06. The van der Waals surface area contributed by atoms with Gasteiger partial charge >= 0.3 is 0 Å². The minimum absolute atomic E-state index is 0.137. The largest absolute Gasteiger partial charge is 0.396 e. The van der Waals surface area contributed by atoms with Crippen LogP contribution in [0, 0.1) is 11.3 Å². The molecule has 0 fully saturated rings. The van der Waals surface area contributed by atoms with E-state index in [0.717, 1.165) is 15.5 Å². The zero-order valence-electron chi connectivity index (χ0n) is 10.7. The molecule has 2 aromatic heterocycles. The van der Waals surface area contributed by atoms with Crippen molar-refractivity contribution in [3.05, 3.63) is 35.0 Å². The summed E-state index contributed by atoms with van der Waals surface area (Å²) in [4.78, 5) is 5.52. The minimum Gasteiger partial charge on any atom is -0.396 e. The summed E-state index contributed by atoms with van der Waals surface area (Å²) in [5.41, 5.74) is 7.68. The maximum absolute atomic E-state index is 9.04. The molecule has 0 aromatic carbocycles.